The lowest BCUT2D eigenvalue weighted by Gasteiger charge is -2.10. The van der Waals surface area contributed by atoms with Crippen molar-refractivity contribution in [1.82, 2.24) is 15.0 Å². The molecule has 6 nitrogen and oxygen atoms in total. The third-order valence-electron chi connectivity index (χ3n) is 3.93. The highest BCUT2D eigenvalue weighted by atomic mass is 19.1. The van der Waals surface area contributed by atoms with Gasteiger partial charge in [-0.15, -0.1) is 0 Å². The van der Waals surface area contributed by atoms with Crippen molar-refractivity contribution in [3.8, 4) is 28.9 Å². The zero-order valence-corrected chi connectivity index (χ0v) is 13.1. The molecule has 0 amide bonds. The molecule has 0 spiro atoms. The van der Waals surface area contributed by atoms with Gasteiger partial charge in [0.15, 0.2) is 5.82 Å². The molecule has 0 bridgehead atoms. The number of pyridine rings is 1. The molecule has 124 valence electrons. The first-order chi connectivity index (χ1) is 12.1. The number of phenols is 1. The molecule has 0 aliphatic carbocycles. The Morgan fingerprint density at radius 1 is 1.04 bits per heavy atom. The van der Waals surface area contributed by atoms with E-state index >= 15 is 4.39 Å². The number of phenolic OH excluding ortho intramolecular Hbond substituents is 1. The van der Waals surface area contributed by atoms with E-state index in [9.17, 15) is 10.2 Å². The number of aromatic hydroxyl groups is 2. The van der Waals surface area contributed by atoms with Gasteiger partial charge in [-0.05, 0) is 22.9 Å². The Morgan fingerprint density at radius 2 is 1.84 bits per heavy atom. The first-order valence-electron chi connectivity index (χ1n) is 7.40. The second-order valence-corrected chi connectivity index (χ2v) is 5.43. The minimum absolute atomic E-state index is 0.00175. The number of aromatic nitrogens is 3. The Kier molecular flexibility index (Phi) is 3.35. The third kappa shape index (κ3) is 2.37. The van der Waals surface area contributed by atoms with Crippen molar-refractivity contribution in [2.45, 2.75) is 0 Å². The van der Waals surface area contributed by atoms with Gasteiger partial charge >= 0.3 is 6.01 Å². The lowest BCUT2D eigenvalue weighted by atomic mass is 10.0. The monoisotopic (exact) mass is 337 g/mol. The Bertz CT molecular complexity index is 1130. The average Bonchev–Trinajstić information content (AvgIpc) is 2.61. The largest absolute Gasteiger partial charge is 0.508 e. The fourth-order valence-corrected chi connectivity index (χ4v) is 2.79. The maximum Gasteiger partial charge on any atom is 0.320 e. The summed E-state index contributed by atoms with van der Waals surface area (Å²) in [7, 11) is 1.32. The van der Waals surface area contributed by atoms with E-state index in [0.29, 0.717) is 5.56 Å². The maximum atomic E-state index is 15.1. The van der Waals surface area contributed by atoms with Crippen LogP contribution in [0.5, 0.6) is 17.6 Å². The van der Waals surface area contributed by atoms with Crippen molar-refractivity contribution < 1.29 is 19.3 Å². The van der Waals surface area contributed by atoms with Crippen LogP contribution in [-0.4, -0.2) is 32.3 Å². The SMILES string of the molecule is COc1nc(O)c2cnc(-c3cc(O)cc4ccccc34)c(F)c2n1. The van der Waals surface area contributed by atoms with Gasteiger partial charge in [-0.1, -0.05) is 24.3 Å². The molecule has 0 aliphatic rings. The number of rotatable bonds is 2. The number of methoxy groups -OCH3 is 1. The van der Waals surface area contributed by atoms with Gasteiger partial charge in [-0.3, -0.25) is 4.98 Å². The molecule has 4 aromatic rings. The van der Waals surface area contributed by atoms with E-state index < -0.39 is 11.7 Å². The number of fused-ring (bicyclic) bond motifs is 2. The van der Waals surface area contributed by atoms with Crippen LogP contribution in [0.4, 0.5) is 4.39 Å². The summed E-state index contributed by atoms with van der Waals surface area (Å²) in [5.41, 5.74) is 0.327. The Labute approximate surface area is 141 Å². The van der Waals surface area contributed by atoms with Crippen molar-refractivity contribution in [2.75, 3.05) is 7.11 Å². The highest BCUT2D eigenvalue weighted by Crippen LogP contribution is 2.35. The normalized spacial score (nSPS) is 11.1. The molecule has 0 radical (unpaired) electrons. The number of hydrogen-bond donors (Lipinski definition) is 2. The molecule has 4 rings (SSSR count). The van der Waals surface area contributed by atoms with Crippen molar-refractivity contribution in [3.63, 3.8) is 0 Å². The van der Waals surface area contributed by atoms with Crippen molar-refractivity contribution in [3.05, 3.63) is 48.4 Å². The maximum absolute atomic E-state index is 15.1. The van der Waals surface area contributed by atoms with Gasteiger partial charge in [0, 0.05) is 11.8 Å². The molecule has 0 saturated heterocycles. The van der Waals surface area contributed by atoms with Crippen LogP contribution in [0.15, 0.2) is 42.6 Å². The molecule has 0 saturated carbocycles. The van der Waals surface area contributed by atoms with E-state index in [4.69, 9.17) is 4.74 Å². The number of benzene rings is 2. The van der Waals surface area contributed by atoms with Crippen LogP contribution in [0.3, 0.4) is 0 Å². The topological polar surface area (TPSA) is 88.4 Å². The molecule has 2 heterocycles. The molecule has 0 aliphatic heterocycles. The van der Waals surface area contributed by atoms with Crippen LogP contribution >= 0.6 is 0 Å². The highest BCUT2D eigenvalue weighted by Gasteiger charge is 2.19. The van der Waals surface area contributed by atoms with Crippen LogP contribution in [0.1, 0.15) is 0 Å². The van der Waals surface area contributed by atoms with Crippen LogP contribution in [0.2, 0.25) is 0 Å². The smallest absolute Gasteiger partial charge is 0.320 e. The van der Waals surface area contributed by atoms with E-state index in [1.165, 1.54) is 19.4 Å². The van der Waals surface area contributed by atoms with E-state index in [1.807, 2.05) is 24.3 Å². The number of ether oxygens (including phenoxy) is 1. The predicted octanol–water partition coefficient (Wildman–Crippen LogP) is 3.40. The number of nitrogens with zero attached hydrogens (tertiary/aromatic N) is 3. The standard InChI is InChI=1S/C18H12FN3O3/c1-25-18-21-16-13(17(24)22-18)8-20-15(14(16)19)12-7-10(23)6-9-4-2-3-5-11(9)12/h2-8,23H,1H3,(H,21,22,24). The first-order valence-corrected chi connectivity index (χ1v) is 7.40. The van der Waals surface area contributed by atoms with Crippen molar-refractivity contribution in [2.24, 2.45) is 0 Å². The minimum Gasteiger partial charge on any atom is -0.508 e. The zero-order valence-electron chi connectivity index (χ0n) is 13.1. The molecule has 2 aromatic carbocycles. The molecule has 0 atom stereocenters. The predicted molar refractivity (Wildman–Crippen MR) is 90.1 cm³/mol. The molecule has 25 heavy (non-hydrogen) atoms. The number of halogens is 1. The Balaban J connectivity index is 2.07. The van der Waals surface area contributed by atoms with E-state index in [1.54, 1.807) is 6.07 Å². The molecule has 0 unspecified atom stereocenters. The molecular formula is C18H12FN3O3. The van der Waals surface area contributed by atoms with Crippen molar-refractivity contribution >= 4 is 21.7 Å². The van der Waals surface area contributed by atoms with Crippen LogP contribution in [0.25, 0.3) is 32.9 Å². The fraction of sp³-hybridized carbons (Fsp3) is 0.0556. The van der Waals surface area contributed by atoms with Crippen LogP contribution < -0.4 is 4.74 Å². The summed E-state index contributed by atoms with van der Waals surface area (Å²) < 4.78 is 20.0. The minimum atomic E-state index is -0.732. The summed E-state index contributed by atoms with van der Waals surface area (Å²) in [6.07, 6.45) is 1.29. The lowest BCUT2D eigenvalue weighted by molar-refractivity contribution is 0.367. The van der Waals surface area contributed by atoms with Gasteiger partial charge in [0.25, 0.3) is 0 Å². The van der Waals surface area contributed by atoms with E-state index in [2.05, 4.69) is 15.0 Å². The average molecular weight is 337 g/mol. The summed E-state index contributed by atoms with van der Waals surface area (Å²) in [6.45, 7) is 0. The van der Waals surface area contributed by atoms with Gasteiger partial charge in [0.2, 0.25) is 5.88 Å². The molecule has 2 aromatic heterocycles. The lowest BCUT2D eigenvalue weighted by Crippen LogP contribution is -1.98. The quantitative estimate of drug-likeness (QED) is 0.583. The molecule has 7 heteroatoms. The summed E-state index contributed by atoms with van der Waals surface area (Å²) in [5.74, 6) is -1.15. The third-order valence-corrected chi connectivity index (χ3v) is 3.93. The van der Waals surface area contributed by atoms with Gasteiger partial charge in [0.05, 0.1) is 12.5 Å². The van der Waals surface area contributed by atoms with Gasteiger partial charge in [0.1, 0.15) is 17.0 Å². The van der Waals surface area contributed by atoms with Gasteiger partial charge in [-0.25, -0.2) is 4.39 Å². The highest BCUT2D eigenvalue weighted by molar-refractivity contribution is 5.99. The Morgan fingerprint density at radius 3 is 2.64 bits per heavy atom. The Hall–Kier alpha value is -3.48. The van der Waals surface area contributed by atoms with Crippen LogP contribution in [0, 0.1) is 5.82 Å². The van der Waals surface area contributed by atoms with Gasteiger partial charge in [-0.2, -0.15) is 9.97 Å². The van der Waals surface area contributed by atoms with E-state index in [-0.39, 0.29) is 28.4 Å². The second-order valence-electron chi connectivity index (χ2n) is 5.43. The summed E-state index contributed by atoms with van der Waals surface area (Å²) >= 11 is 0. The van der Waals surface area contributed by atoms with Crippen LogP contribution in [-0.2, 0) is 0 Å². The summed E-state index contributed by atoms with van der Waals surface area (Å²) in [4.78, 5) is 11.8. The number of hydrogen-bond acceptors (Lipinski definition) is 6. The summed E-state index contributed by atoms with van der Waals surface area (Å²) in [6, 6.07) is 10.2. The first kappa shape index (κ1) is 15.1. The van der Waals surface area contributed by atoms with Gasteiger partial charge < -0.3 is 14.9 Å². The zero-order chi connectivity index (χ0) is 17.6. The fourth-order valence-electron chi connectivity index (χ4n) is 2.79. The second kappa shape index (κ2) is 5.55. The molecule has 2 N–H and O–H groups in total. The van der Waals surface area contributed by atoms with E-state index in [0.717, 1.165) is 10.8 Å². The molecule has 0 fully saturated rings. The summed E-state index contributed by atoms with van der Waals surface area (Å²) in [5, 5.41) is 21.4. The molecular weight excluding hydrogens is 325 g/mol. The van der Waals surface area contributed by atoms with Crippen molar-refractivity contribution in [1.29, 1.82) is 0 Å².